The number of ether oxygens (including phenoxy) is 1. The van der Waals surface area contributed by atoms with Gasteiger partial charge in [-0.2, -0.15) is 0 Å². The molecular formula is C33H52N2O5S2-2. The highest BCUT2D eigenvalue weighted by Gasteiger charge is 2.11. The average Bonchev–Trinajstić information content (AvgIpc) is 3.63. The Labute approximate surface area is 260 Å². The van der Waals surface area contributed by atoms with E-state index in [-0.39, 0.29) is 11.5 Å². The van der Waals surface area contributed by atoms with Crippen molar-refractivity contribution < 1.29 is 22.3 Å². The van der Waals surface area contributed by atoms with Gasteiger partial charge < -0.3 is 24.5 Å². The lowest BCUT2D eigenvalue weighted by Crippen LogP contribution is -1.92. The van der Waals surface area contributed by atoms with E-state index in [0.29, 0.717) is 11.8 Å². The predicted octanol–water partition coefficient (Wildman–Crippen LogP) is 6.79. The van der Waals surface area contributed by atoms with Crippen molar-refractivity contribution in [3.05, 3.63) is 71.3 Å². The van der Waals surface area contributed by atoms with Crippen LogP contribution in [-0.4, -0.2) is 56.3 Å². The quantitative estimate of drug-likeness (QED) is 0.215. The lowest BCUT2D eigenvalue weighted by Gasteiger charge is -2.07. The molecule has 0 spiro atoms. The number of hydrogen-bond donors (Lipinski definition) is 2. The highest BCUT2D eigenvalue weighted by molar-refractivity contribution is 7.79. The number of benzene rings is 2. The average molecular weight is 621 g/mol. The maximum Gasteiger partial charge on any atom is 0.0715 e. The maximum absolute atomic E-state index is 9.66. The molecule has 238 valence electrons. The van der Waals surface area contributed by atoms with Crippen molar-refractivity contribution in [2.75, 3.05) is 49.4 Å². The molecule has 0 aromatic heterocycles. The molecule has 42 heavy (non-hydrogen) atoms. The molecule has 0 amide bonds. The van der Waals surface area contributed by atoms with E-state index in [2.05, 4.69) is 97.9 Å². The SMILES string of the molecule is C=CCS(=O)[O-].CC.CC#CCS(=O)[O-].CC(C)c1ccc2c(c1)NCC2.CC(C)c1ccc2c(c1)NCC2.COC. The zero-order chi connectivity index (χ0) is 32.5. The van der Waals surface area contributed by atoms with Crippen LogP contribution in [0.15, 0.2) is 49.1 Å². The summed E-state index contributed by atoms with van der Waals surface area (Å²) >= 11 is -3.92. The minimum absolute atomic E-state index is 0.0451. The van der Waals surface area contributed by atoms with E-state index in [1.165, 1.54) is 52.5 Å². The van der Waals surface area contributed by atoms with Gasteiger partial charge in [-0.15, -0.1) is 12.5 Å². The highest BCUT2D eigenvalue weighted by atomic mass is 32.2. The zero-order valence-corrected chi connectivity index (χ0v) is 28.6. The monoisotopic (exact) mass is 620 g/mol. The smallest absolute Gasteiger partial charge is 0.0715 e. The lowest BCUT2D eigenvalue weighted by atomic mass is 10.0. The van der Waals surface area contributed by atoms with Gasteiger partial charge in [0.1, 0.15) is 0 Å². The van der Waals surface area contributed by atoms with Crippen LogP contribution >= 0.6 is 0 Å². The van der Waals surface area contributed by atoms with Crippen LogP contribution in [0.5, 0.6) is 0 Å². The Morgan fingerprint density at radius 3 is 1.52 bits per heavy atom. The van der Waals surface area contributed by atoms with Gasteiger partial charge in [-0.1, -0.05) is 88.9 Å². The summed E-state index contributed by atoms with van der Waals surface area (Å²) in [6.07, 6.45) is 3.71. The van der Waals surface area contributed by atoms with Gasteiger partial charge >= 0.3 is 0 Å². The molecule has 2 aliphatic rings. The molecule has 2 heterocycles. The molecule has 0 bridgehead atoms. The summed E-state index contributed by atoms with van der Waals surface area (Å²) < 4.78 is 42.6. The van der Waals surface area contributed by atoms with Crippen molar-refractivity contribution >= 4 is 33.5 Å². The minimum Gasteiger partial charge on any atom is -0.772 e. The second-order valence-corrected chi connectivity index (χ2v) is 11.4. The van der Waals surface area contributed by atoms with Crippen molar-refractivity contribution in [2.24, 2.45) is 0 Å². The minimum atomic E-state index is -1.99. The number of hydrogen-bond acceptors (Lipinski definition) is 7. The van der Waals surface area contributed by atoms with Crippen LogP contribution in [0.25, 0.3) is 0 Å². The Kier molecular flexibility index (Phi) is 26.0. The van der Waals surface area contributed by atoms with Gasteiger partial charge in [-0.05, 0) is 77.1 Å². The van der Waals surface area contributed by atoms with Crippen molar-refractivity contribution in [1.82, 2.24) is 0 Å². The standard InChI is InChI=1S/2C11H15N.C4H6O2S.C3H6O2S.C2H6O.C2H6/c2*1-8(2)10-4-3-9-5-6-12-11(9)7-10;1-2-3-4-7(5)6;1-2-3-6(4)5;1-3-2;1-2/h2*3-4,7-8,12H,5-6H2,1-2H3;4H2,1H3,(H,5,6);2H,1,3H2,(H,4,5);1-2H3;1-2H3/p-2. The molecule has 2 aliphatic heterocycles. The van der Waals surface area contributed by atoms with E-state index in [0.717, 1.165) is 13.1 Å². The molecule has 2 unspecified atom stereocenters. The number of rotatable bonds is 5. The Hall–Kier alpha value is -2.48. The van der Waals surface area contributed by atoms with Gasteiger partial charge in [0.05, 0.1) is 5.75 Å². The molecule has 0 fully saturated rings. The summed E-state index contributed by atoms with van der Waals surface area (Å²) in [5, 5.41) is 6.79. The van der Waals surface area contributed by atoms with Crippen molar-refractivity contribution in [2.45, 2.75) is 73.1 Å². The van der Waals surface area contributed by atoms with Crippen LogP contribution in [0.2, 0.25) is 0 Å². The van der Waals surface area contributed by atoms with E-state index in [1.54, 1.807) is 21.1 Å². The fraction of sp³-hybridized carbons (Fsp3) is 0.515. The first-order valence-corrected chi connectivity index (χ1v) is 16.7. The summed E-state index contributed by atoms with van der Waals surface area (Å²) in [5.41, 5.74) is 8.51. The number of methoxy groups -OCH3 is 1. The molecule has 2 atom stereocenters. The third-order valence-corrected chi connectivity index (χ3v) is 6.53. The molecule has 4 rings (SSSR count). The second-order valence-electron chi connectivity index (χ2n) is 9.54. The Bertz CT molecular complexity index is 1060. The Balaban J connectivity index is 0. The lowest BCUT2D eigenvalue weighted by molar-refractivity contribution is 0.277. The summed E-state index contributed by atoms with van der Waals surface area (Å²) in [6, 6.07) is 13.6. The number of nitrogens with one attached hydrogen (secondary N) is 2. The summed E-state index contributed by atoms with van der Waals surface area (Å²) in [7, 11) is 3.25. The third kappa shape index (κ3) is 19.6. The zero-order valence-electron chi connectivity index (χ0n) is 27.0. The van der Waals surface area contributed by atoms with Gasteiger partial charge in [0.2, 0.25) is 0 Å². The van der Waals surface area contributed by atoms with Gasteiger partial charge in [-0.3, -0.25) is 8.42 Å². The van der Waals surface area contributed by atoms with E-state index in [9.17, 15) is 17.5 Å². The van der Waals surface area contributed by atoms with E-state index in [1.807, 2.05) is 13.8 Å². The second kappa shape index (κ2) is 26.2. The first kappa shape index (κ1) is 41.7. The fourth-order valence-electron chi connectivity index (χ4n) is 3.56. The van der Waals surface area contributed by atoms with Gasteiger partial charge in [0.15, 0.2) is 0 Å². The molecule has 2 aromatic rings. The van der Waals surface area contributed by atoms with E-state index < -0.39 is 22.2 Å². The molecule has 0 aliphatic carbocycles. The highest BCUT2D eigenvalue weighted by Crippen LogP contribution is 2.27. The Morgan fingerprint density at radius 1 is 0.881 bits per heavy atom. The number of fused-ring (bicyclic) bond motifs is 2. The molecular weight excluding hydrogens is 569 g/mol. The third-order valence-electron chi connectivity index (χ3n) is 5.64. The first-order valence-electron chi connectivity index (χ1n) is 14.3. The predicted molar refractivity (Wildman–Crippen MR) is 181 cm³/mol. The number of anilines is 2. The van der Waals surface area contributed by atoms with Crippen molar-refractivity contribution in [1.29, 1.82) is 0 Å². The van der Waals surface area contributed by atoms with E-state index >= 15 is 0 Å². The van der Waals surface area contributed by atoms with Crippen LogP contribution in [-0.2, 0) is 39.7 Å². The molecule has 0 saturated heterocycles. The van der Waals surface area contributed by atoms with Gasteiger partial charge in [-0.25, -0.2) is 0 Å². The van der Waals surface area contributed by atoms with Crippen LogP contribution in [0.4, 0.5) is 11.4 Å². The van der Waals surface area contributed by atoms with Crippen LogP contribution in [0, 0.1) is 11.8 Å². The molecule has 7 nitrogen and oxygen atoms in total. The molecule has 2 N–H and O–H groups in total. The van der Waals surface area contributed by atoms with Crippen LogP contribution in [0.1, 0.15) is 82.6 Å². The summed E-state index contributed by atoms with van der Waals surface area (Å²) in [5.74, 6) is 6.12. The van der Waals surface area contributed by atoms with Gasteiger partial charge in [0, 0.05) is 44.4 Å². The molecule has 0 saturated carbocycles. The van der Waals surface area contributed by atoms with Crippen molar-refractivity contribution in [3.8, 4) is 11.8 Å². The normalized spacial score (nSPS) is 12.8. The topological polar surface area (TPSA) is 114 Å². The molecule has 0 radical (unpaired) electrons. The summed E-state index contributed by atoms with van der Waals surface area (Å²) in [6.45, 7) is 20.0. The van der Waals surface area contributed by atoms with Gasteiger partial charge in [0.25, 0.3) is 0 Å². The summed E-state index contributed by atoms with van der Waals surface area (Å²) in [4.78, 5) is 0. The largest absolute Gasteiger partial charge is 0.772 e. The Morgan fingerprint density at radius 2 is 1.29 bits per heavy atom. The van der Waals surface area contributed by atoms with E-state index in [4.69, 9.17) is 0 Å². The van der Waals surface area contributed by atoms with Crippen molar-refractivity contribution in [3.63, 3.8) is 0 Å². The van der Waals surface area contributed by atoms with Crippen LogP contribution in [0.3, 0.4) is 0 Å². The maximum atomic E-state index is 9.66. The molecule has 9 heteroatoms. The molecule has 2 aromatic carbocycles. The fourth-order valence-corrected chi connectivity index (χ4v) is 4.02. The van der Waals surface area contributed by atoms with Crippen LogP contribution < -0.4 is 10.6 Å². The first-order chi connectivity index (χ1) is 20.0.